The molecule has 1 saturated heterocycles. The highest BCUT2D eigenvalue weighted by molar-refractivity contribution is 8.00. The molecule has 0 aliphatic carbocycles. The van der Waals surface area contributed by atoms with E-state index in [0.29, 0.717) is 5.37 Å². The van der Waals surface area contributed by atoms with Crippen LogP contribution in [0.5, 0.6) is 0 Å². The Kier molecular flexibility index (Phi) is 7.45. The lowest BCUT2D eigenvalue weighted by Gasteiger charge is -2.10. The maximum absolute atomic E-state index is 4.21. The van der Waals surface area contributed by atoms with Gasteiger partial charge in [0.1, 0.15) is 0 Å². The number of pyridine rings is 1. The van der Waals surface area contributed by atoms with E-state index in [1.54, 1.807) is 0 Å². The van der Waals surface area contributed by atoms with E-state index in [1.165, 1.54) is 56.9 Å². The van der Waals surface area contributed by atoms with Gasteiger partial charge in [0.15, 0.2) is 0 Å². The zero-order valence-corrected chi connectivity index (χ0v) is 13.5. The predicted molar refractivity (Wildman–Crippen MR) is 89.0 cm³/mol. The van der Waals surface area contributed by atoms with E-state index in [2.05, 4.69) is 35.1 Å². The fourth-order valence-corrected chi connectivity index (χ4v) is 4.12. The van der Waals surface area contributed by atoms with Crippen LogP contribution in [-0.4, -0.2) is 16.8 Å². The Morgan fingerprint density at radius 2 is 2.00 bits per heavy atom. The molecule has 1 aliphatic heterocycles. The standard InChI is InChI=1S/C17H28N2S/c1-2-3-4-5-6-7-8-11-16-14-19-17(20-16)15-10-9-12-18-13-15/h9-10,12-13,16-17,19H,2-8,11,14H2,1H3. The zero-order chi connectivity index (χ0) is 14.0. The van der Waals surface area contributed by atoms with Crippen molar-refractivity contribution in [1.82, 2.24) is 10.3 Å². The van der Waals surface area contributed by atoms with E-state index in [0.717, 1.165) is 11.8 Å². The van der Waals surface area contributed by atoms with Crippen LogP contribution in [0.3, 0.4) is 0 Å². The van der Waals surface area contributed by atoms with Gasteiger partial charge < -0.3 is 5.32 Å². The largest absolute Gasteiger partial charge is 0.300 e. The third kappa shape index (κ3) is 5.45. The van der Waals surface area contributed by atoms with Crippen molar-refractivity contribution in [3.8, 4) is 0 Å². The molecule has 1 N–H and O–H groups in total. The van der Waals surface area contributed by atoms with Crippen molar-refractivity contribution in [3.05, 3.63) is 30.1 Å². The number of thioether (sulfide) groups is 1. The first kappa shape index (κ1) is 15.8. The third-order valence-electron chi connectivity index (χ3n) is 3.98. The van der Waals surface area contributed by atoms with Crippen molar-refractivity contribution in [2.45, 2.75) is 68.9 Å². The summed E-state index contributed by atoms with van der Waals surface area (Å²) in [7, 11) is 0. The summed E-state index contributed by atoms with van der Waals surface area (Å²) in [6.45, 7) is 3.43. The van der Waals surface area contributed by atoms with Crippen LogP contribution in [0.1, 0.15) is 69.2 Å². The van der Waals surface area contributed by atoms with Gasteiger partial charge in [-0.15, -0.1) is 11.8 Å². The number of aromatic nitrogens is 1. The topological polar surface area (TPSA) is 24.9 Å². The van der Waals surface area contributed by atoms with Gasteiger partial charge in [-0.25, -0.2) is 0 Å². The number of unbranched alkanes of at least 4 members (excludes halogenated alkanes) is 6. The average molecular weight is 292 g/mol. The first-order chi connectivity index (χ1) is 9.90. The Morgan fingerprint density at radius 1 is 1.20 bits per heavy atom. The van der Waals surface area contributed by atoms with Gasteiger partial charge in [0, 0.05) is 24.2 Å². The molecule has 3 heteroatoms. The molecule has 0 bridgehead atoms. The lowest BCUT2D eigenvalue weighted by atomic mass is 10.1. The molecule has 2 heterocycles. The van der Waals surface area contributed by atoms with Gasteiger partial charge in [0.25, 0.3) is 0 Å². The second-order valence-corrected chi connectivity index (χ2v) is 7.15. The molecule has 0 spiro atoms. The summed E-state index contributed by atoms with van der Waals surface area (Å²) in [5, 5.41) is 4.86. The highest BCUT2D eigenvalue weighted by atomic mass is 32.2. The zero-order valence-electron chi connectivity index (χ0n) is 12.7. The fourth-order valence-electron chi connectivity index (χ4n) is 2.75. The maximum Gasteiger partial charge on any atom is 0.0807 e. The molecule has 2 rings (SSSR count). The summed E-state index contributed by atoms with van der Waals surface area (Å²) in [5.41, 5.74) is 1.32. The van der Waals surface area contributed by atoms with Crippen molar-refractivity contribution in [1.29, 1.82) is 0 Å². The molecule has 2 nitrogen and oxygen atoms in total. The summed E-state index contributed by atoms with van der Waals surface area (Å²) < 4.78 is 0. The van der Waals surface area contributed by atoms with Crippen molar-refractivity contribution < 1.29 is 0 Å². The van der Waals surface area contributed by atoms with E-state index in [4.69, 9.17) is 0 Å². The molecule has 112 valence electrons. The van der Waals surface area contributed by atoms with Crippen LogP contribution in [-0.2, 0) is 0 Å². The number of hydrogen-bond acceptors (Lipinski definition) is 3. The van der Waals surface area contributed by atoms with Gasteiger partial charge >= 0.3 is 0 Å². The quantitative estimate of drug-likeness (QED) is 0.653. The van der Waals surface area contributed by atoms with Crippen LogP contribution in [0, 0.1) is 0 Å². The Balaban J connectivity index is 1.55. The molecule has 0 aromatic carbocycles. The smallest absolute Gasteiger partial charge is 0.0807 e. The van der Waals surface area contributed by atoms with Gasteiger partial charge in [0.05, 0.1) is 5.37 Å². The summed E-state index contributed by atoms with van der Waals surface area (Å²) in [4.78, 5) is 4.21. The Morgan fingerprint density at radius 3 is 2.75 bits per heavy atom. The predicted octanol–water partition coefficient (Wildman–Crippen LogP) is 4.93. The first-order valence-electron chi connectivity index (χ1n) is 8.19. The summed E-state index contributed by atoms with van der Waals surface area (Å²) in [5.74, 6) is 0. The maximum atomic E-state index is 4.21. The Bertz CT molecular complexity index is 355. The van der Waals surface area contributed by atoms with Crippen molar-refractivity contribution in [2.75, 3.05) is 6.54 Å². The summed E-state index contributed by atoms with van der Waals surface area (Å²) >= 11 is 2.08. The molecule has 20 heavy (non-hydrogen) atoms. The van der Waals surface area contributed by atoms with Gasteiger partial charge in [-0.05, 0) is 18.1 Å². The van der Waals surface area contributed by atoms with Crippen LogP contribution in [0.2, 0.25) is 0 Å². The van der Waals surface area contributed by atoms with E-state index in [9.17, 15) is 0 Å². The Labute approximate surface area is 128 Å². The molecule has 2 unspecified atom stereocenters. The highest BCUT2D eigenvalue weighted by Gasteiger charge is 2.25. The van der Waals surface area contributed by atoms with Crippen LogP contribution in [0.25, 0.3) is 0 Å². The molecular formula is C17H28N2S. The molecule has 1 aliphatic rings. The minimum absolute atomic E-state index is 0.457. The van der Waals surface area contributed by atoms with Crippen LogP contribution in [0.4, 0.5) is 0 Å². The number of nitrogens with one attached hydrogen (secondary N) is 1. The lowest BCUT2D eigenvalue weighted by Crippen LogP contribution is -2.15. The van der Waals surface area contributed by atoms with Gasteiger partial charge in [-0.3, -0.25) is 4.98 Å². The molecule has 0 radical (unpaired) electrons. The first-order valence-corrected chi connectivity index (χ1v) is 9.13. The van der Waals surface area contributed by atoms with E-state index >= 15 is 0 Å². The second kappa shape index (κ2) is 9.41. The number of hydrogen-bond donors (Lipinski definition) is 1. The number of nitrogens with zero attached hydrogens (tertiary/aromatic N) is 1. The fraction of sp³-hybridized carbons (Fsp3) is 0.706. The molecular weight excluding hydrogens is 264 g/mol. The minimum atomic E-state index is 0.457. The lowest BCUT2D eigenvalue weighted by molar-refractivity contribution is 0.565. The van der Waals surface area contributed by atoms with Crippen LogP contribution < -0.4 is 5.32 Å². The molecule has 0 saturated carbocycles. The summed E-state index contributed by atoms with van der Waals surface area (Å²) in [6, 6.07) is 4.20. The molecule has 2 atom stereocenters. The molecule has 1 aromatic heterocycles. The highest BCUT2D eigenvalue weighted by Crippen LogP contribution is 2.36. The average Bonchev–Trinajstić information content (AvgIpc) is 2.96. The van der Waals surface area contributed by atoms with E-state index < -0.39 is 0 Å². The van der Waals surface area contributed by atoms with Crippen molar-refractivity contribution in [3.63, 3.8) is 0 Å². The SMILES string of the molecule is CCCCCCCCCC1CNC(c2cccnc2)S1. The van der Waals surface area contributed by atoms with Crippen molar-refractivity contribution >= 4 is 11.8 Å². The van der Waals surface area contributed by atoms with E-state index in [-0.39, 0.29) is 0 Å². The molecule has 0 amide bonds. The minimum Gasteiger partial charge on any atom is -0.300 e. The number of rotatable bonds is 9. The summed E-state index contributed by atoms with van der Waals surface area (Å²) in [6.07, 6.45) is 15.1. The van der Waals surface area contributed by atoms with Crippen molar-refractivity contribution in [2.24, 2.45) is 0 Å². The normalized spacial score (nSPS) is 22.2. The van der Waals surface area contributed by atoms with Gasteiger partial charge in [-0.1, -0.05) is 57.9 Å². The Hall–Kier alpha value is -0.540. The third-order valence-corrected chi connectivity index (χ3v) is 5.47. The molecule has 1 aromatic rings. The van der Waals surface area contributed by atoms with Gasteiger partial charge in [-0.2, -0.15) is 0 Å². The van der Waals surface area contributed by atoms with Gasteiger partial charge in [0.2, 0.25) is 0 Å². The molecule has 1 fully saturated rings. The van der Waals surface area contributed by atoms with E-state index in [1.807, 2.05) is 18.5 Å². The monoisotopic (exact) mass is 292 g/mol. The second-order valence-electron chi connectivity index (χ2n) is 5.74. The van der Waals surface area contributed by atoms with Crippen LogP contribution >= 0.6 is 11.8 Å². The van der Waals surface area contributed by atoms with Crippen LogP contribution in [0.15, 0.2) is 24.5 Å².